The summed E-state index contributed by atoms with van der Waals surface area (Å²) in [5.41, 5.74) is -0.717. The summed E-state index contributed by atoms with van der Waals surface area (Å²) in [6.07, 6.45) is 6.75. The van der Waals surface area contributed by atoms with Crippen molar-refractivity contribution in [1.29, 1.82) is 0 Å². The van der Waals surface area contributed by atoms with Gasteiger partial charge in [-0.05, 0) is 137 Å². The van der Waals surface area contributed by atoms with E-state index < -0.39 is 42.4 Å². The fourth-order valence-corrected chi connectivity index (χ4v) is 13.4. The van der Waals surface area contributed by atoms with Crippen molar-refractivity contribution in [2.75, 3.05) is 20.2 Å². The van der Waals surface area contributed by atoms with Crippen LogP contribution in [0, 0.1) is 68.0 Å². The van der Waals surface area contributed by atoms with Gasteiger partial charge in [-0.1, -0.05) is 48.5 Å². The first-order valence-corrected chi connectivity index (χ1v) is 20.8. The third kappa shape index (κ3) is 7.69. The maximum atomic E-state index is 12.9. The van der Waals surface area contributed by atoms with Crippen LogP contribution in [0.2, 0.25) is 0 Å². The van der Waals surface area contributed by atoms with Gasteiger partial charge in [0.1, 0.15) is 30.7 Å². The Bertz CT molecular complexity index is 1340. The smallest absolute Gasteiger partial charge is 0.309 e. The first kappa shape index (κ1) is 45.1. The number of aliphatic hydroxyl groups is 5. The number of carbonyl (C=O) groups is 3. The Morgan fingerprint density at radius 1 is 0.833 bits per heavy atom. The lowest BCUT2D eigenvalue weighted by molar-refractivity contribution is -0.249. The molecule has 0 unspecified atom stereocenters. The lowest BCUT2D eigenvalue weighted by Crippen LogP contribution is -2.67. The van der Waals surface area contributed by atoms with Crippen molar-refractivity contribution in [1.82, 2.24) is 5.32 Å². The monoisotopic (exact) mass is 766 g/mol. The number of carboxylic acids is 1. The van der Waals surface area contributed by atoms with Gasteiger partial charge in [-0.2, -0.15) is 0 Å². The van der Waals surface area contributed by atoms with E-state index in [0.29, 0.717) is 35.5 Å². The molecular formula is C43H75NO10. The van der Waals surface area contributed by atoms with E-state index >= 15 is 0 Å². The number of hydrogen-bond acceptors (Lipinski definition) is 10. The zero-order valence-corrected chi connectivity index (χ0v) is 34.9. The van der Waals surface area contributed by atoms with Crippen LogP contribution >= 0.6 is 0 Å². The minimum Gasteiger partial charge on any atom is -0.481 e. The van der Waals surface area contributed by atoms with Gasteiger partial charge in [0.15, 0.2) is 0 Å². The molecule has 54 heavy (non-hydrogen) atoms. The van der Waals surface area contributed by atoms with Crippen molar-refractivity contribution in [3.8, 4) is 0 Å². The molecule has 0 radical (unpaired) electrons. The van der Waals surface area contributed by atoms with Crippen LogP contribution < -0.4 is 5.32 Å². The van der Waals surface area contributed by atoms with Crippen LogP contribution in [-0.4, -0.2) is 99.6 Å². The second-order valence-electron chi connectivity index (χ2n) is 20.6. The Morgan fingerprint density at radius 2 is 1.46 bits per heavy atom. The van der Waals surface area contributed by atoms with Gasteiger partial charge in [-0.3, -0.25) is 9.59 Å². The summed E-state index contributed by atoms with van der Waals surface area (Å²) in [5.74, 6) is 2.18. The first-order valence-electron chi connectivity index (χ1n) is 20.8. The molecule has 5 aliphatic carbocycles. The minimum atomic E-state index is -1.55. The van der Waals surface area contributed by atoms with Gasteiger partial charge < -0.3 is 45.5 Å². The standard InChI is InChI=1S/C36H58O5.C7H17NO5/c1-22(2)23-12-17-36(21-37)19-18-34(8)24(29(23)36)10-11-26-33(7)15-14-27(41-28(38)20-31(3,4)30(39)40)32(5,6)25(33)13-16-35(26,34)9;1-8-2-4(10)6(12)7(13)5(11)3-9/h21-27,29H,10-20H2,1-9H3,(H,39,40);4-13H,2-3H2,1H3/t23-,24+,25-,26+,27-,29+,33-,34+,35+,36+;4-,5+,6+,7+/m00/s1. The van der Waals surface area contributed by atoms with Crippen molar-refractivity contribution in [2.24, 2.45) is 68.0 Å². The number of esters is 1. The van der Waals surface area contributed by atoms with Crippen molar-refractivity contribution < 1.29 is 49.8 Å². The summed E-state index contributed by atoms with van der Waals surface area (Å²) in [6, 6.07) is 0. The van der Waals surface area contributed by atoms with E-state index in [1.54, 1.807) is 20.9 Å². The molecule has 5 fully saturated rings. The number of nitrogens with one attached hydrogen (secondary N) is 1. The Morgan fingerprint density at radius 3 is 2.02 bits per heavy atom. The molecule has 0 bridgehead atoms. The zero-order chi connectivity index (χ0) is 40.8. The zero-order valence-electron chi connectivity index (χ0n) is 34.9. The SMILES string of the molecule is CC(C)[C@@H]1CC[C@]2(C=O)CC[C@]3(C)[C@H](CC[C@@H]4[C@@]5(C)CC[C@H](OC(=O)CC(C)(C)C(=O)O)C(C)(C)[C@@H]5CC[C@]43C)[C@@H]12.CNC[C@H](O)[C@@H](O)[C@H](O)[C@H](O)CO. The lowest BCUT2D eigenvalue weighted by Gasteiger charge is -2.72. The normalized spacial score (nSPS) is 40.7. The topological polar surface area (TPSA) is 194 Å². The summed E-state index contributed by atoms with van der Waals surface area (Å²) in [4.78, 5) is 37.3. The van der Waals surface area contributed by atoms with Gasteiger partial charge in [0.05, 0.1) is 24.5 Å². The number of aliphatic hydroxyl groups excluding tert-OH is 5. The molecule has 0 heterocycles. The molecule has 7 N–H and O–H groups in total. The molecule has 5 rings (SSSR count). The molecule has 14 atom stereocenters. The van der Waals surface area contributed by atoms with Gasteiger partial charge in [-0.25, -0.2) is 0 Å². The molecule has 0 aromatic carbocycles. The number of ether oxygens (including phenoxy) is 1. The quantitative estimate of drug-likeness (QED) is 0.105. The molecule has 312 valence electrons. The minimum absolute atomic E-state index is 0.0936. The highest BCUT2D eigenvalue weighted by Crippen LogP contribution is 2.77. The van der Waals surface area contributed by atoms with Crippen LogP contribution in [0.3, 0.4) is 0 Å². The molecule has 0 spiro atoms. The third-order valence-corrected chi connectivity index (χ3v) is 16.8. The highest BCUT2D eigenvalue weighted by molar-refractivity contribution is 5.81. The molecule has 0 saturated heterocycles. The van der Waals surface area contributed by atoms with Gasteiger partial charge in [0, 0.05) is 17.4 Å². The summed E-state index contributed by atoms with van der Waals surface area (Å²) in [7, 11) is 1.57. The number of carboxylic acid groups (broad SMARTS) is 1. The molecular weight excluding hydrogens is 690 g/mol. The molecule has 5 saturated carbocycles. The average molecular weight is 766 g/mol. The van der Waals surface area contributed by atoms with Crippen LogP contribution in [0.5, 0.6) is 0 Å². The molecule has 0 aliphatic heterocycles. The van der Waals surface area contributed by atoms with Gasteiger partial charge >= 0.3 is 11.9 Å². The maximum absolute atomic E-state index is 12.9. The predicted molar refractivity (Wildman–Crippen MR) is 206 cm³/mol. The number of aliphatic carboxylic acids is 1. The Labute approximate surface area is 324 Å². The number of carbonyl (C=O) groups excluding carboxylic acids is 2. The molecule has 5 aliphatic rings. The molecule has 0 aromatic heterocycles. The number of aldehydes is 1. The van der Waals surface area contributed by atoms with E-state index in [4.69, 9.17) is 25.2 Å². The Hall–Kier alpha value is -1.63. The first-order chi connectivity index (χ1) is 24.9. The fourth-order valence-electron chi connectivity index (χ4n) is 13.4. The largest absolute Gasteiger partial charge is 0.481 e. The highest BCUT2D eigenvalue weighted by Gasteiger charge is 2.71. The van der Waals surface area contributed by atoms with E-state index in [0.717, 1.165) is 32.1 Å². The number of fused-ring (bicyclic) bond motifs is 7. The van der Waals surface area contributed by atoms with E-state index in [2.05, 4.69) is 53.8 Å². The summed E-state index contributed by atoms with van der Waals surface area (Å²) in [5, 5.41) is 57.0. The molecule has 0 aromatic rings. The van der Waals surface area contributed by atoms with Crippen LogP contribution in [-0.2, 0) is 19.1 Å². The molecule has 11 nitrogen and oxygen atoms in total. The molecule has 11 heteroatoms. The maximum Gasteiger partial charge on any atom is 0.309 e. The predicted octanol–water partition coefficient (Wildman–Crippen LogP) is 4.98. The Kier molecular flexibility index (Phi) is 13.6. The van der Waals surface area contributed by atoms with Crippen LogP contribution in [0.1, 0.15) is 133 Å². The second-order valence-corrected chi connectivity index (χ2v) is 20.6. The summed E-state index contributed by atoms with van der Waals surface area (Å²) >= 11 is 0. The van der Waals surface area contributed by atoms with Crippen LogP contribution in [0.25, 0.3) is 0 Å². The Balaban J connectivity index is 0.000000428. The highest BCUT2D eigenvalue weighted by atomic mass is 16.5. The van der Waals surface area contributed by atoms with Crippen molar-refractivity contribution in [3.05, 3.63) is 0 Å². The van der Waals surface area contributed by atoms with Crippen molar-refractivity contribution in [3.63, 3.8) is 0 Å². The van der Waals surface area contributed by atoms with Crippen LogP contribution in [0.4, 0.5) is 0 Å². The third-order valence-electron chi connectivity index (χ3n) is 16.8. The van der Waals surface area contributed by atoms with Crippen molar-refractivity contribution in [2.45, 2.75) is 163 Å². The van der Waals surface area contributed by atoms with Crippen molar-refractivity contribution >= 4 is 18.2 Å². The van der Waals surface area contributed by atoms with E-state index in [1.165, 1.54) is 38.4 Å². The van der Waals surface area contributed by atoms with E-state index in [1.807, 2.05) is 0 Å². The van der Waals surface area contributed by atoms with Crippen LogP contribution in [0.15, 0.2) is 0 Å². The summed E-state index contributed by atoms with van der Waals surface area (Å²) in [6.45, 7) is 19.8. The van der Waals surface area contributed by atoms with Gasteiger partial charge in [0.25, 0.3) is 0 Å². The number of hydrogen-bond donors (Lipinski definition) is 7. The summed E-state index contributed by atoms with van der Waals surface area (Å²) < 4.78 is 6.12. The number of rotatable bonds is 12. The second kappa shape index (κ2) is 16.3. The average Bonchev–Trinajstić information content (AvgIpc) is 3.49. The molecule has 0 amide bonds. The van der Waals surface area contributed by atoms with Gasteiger partial charge in [0.2, 0.25) is 0 Å². The number of likely N-dealkylation sites (N-methyl/N-ethyl adjacent to an activating group) is 1. The van der Waals surface area contributed by atoms with Gasteiger partial charge in [-0.15, -0.1) is 0 Å². The fraction of sp³-hybridized carbons (Fsp3) is 0.930. The van der Waals surface area contributed by atoms with E-state index in [9.17, 15) is 24.6 Å². The lowest BCUT2D eigenvalue weighted by atomic mass is 9.32. The van der Waals surface area contributed by atoms with E-state index in [-0.39, 0.29) is 52.1 Å².